The zero-order valence-electron chi connectivity index (χ0n) is 16.7. The van der Waals surface area contributed by atoms with Gasteiger partial charge < -0.3 is 20.0 Å². The van der Waals surface area contributed by atoms with Crippen LogP contribution in [-0.4, -0.2) is 53.7 Å². The lowest BCUT2D eigenvalue weighted by atomic mass is 9.96. The second-order valence-corrected chi connectivity index (χ2v) is 7.49. The number of rotatable bonds is 2. The topological polar surface area (TPSA) is 81.1 Å². The Bertz CT molecular complexity index is 922. The minimum absolute atomic E-state index is 0.489. The molecule has 0 amide bonds. The van der Waals surface area contributed by atoms with Crippen molar-refractivity contribution >= 4 is 17.6 Å². The van der Waals surface area contributed by atoms with Crippen LogP contribution in [0.5, 0.6) is 0 Å². The molecule has 1 unspecified atom stereocenters. The zero-order valence-corrected chi connectivity index (χ0v) is 16.7. The van der Waals surface area contributed by atoms with Crippen LogP contribution >= 0.6 is 0 Å². The van der Waals surface area contributed by atoms with Gasteiger partial charge >= 0.3 is 11.9 Å². The van der Waals surface area contributed by atoms with Crippen molar-refractivity contribution in [1.29, 1.82) is 0 Å². The van der Waals surface area contributed by atoms with Gasteiger partial charge in [-0.15, -0.1) is 0 Å². The summed E-state index contributed by atoms with van der Waals surface area (Å²) in [7, 11) is 2.24. The number of aliphatic carboxylic acids is 2. The molecular formula is C23H26N2O4. The van der Waals surface area contributed by atoms with Crippen LogP contribution in [0.15, 0.2) is 54.6 Å². The minimum Gasteiger partial charge on any atom is -0.478 e. The molecule has 1 fully saturated rings. The van der Waals surface area contributed by atoms with E-state index in [1.54, 1.807) is 0 Å². The molecule has 1 atom stereocenters. The normalized spacial score (nSPS) is 18.0. The van der Waals surface area contributed by atoms with Crippen LogP contribution in [0.2, 0.25) is 0 Å². The third-order valence-electron chi connectivity index (χ3n) is 5.30. The molecule has 0 radical (unpaired) electrons. The maximum atomic E-state index is 9.55. The first-order chi connectivity index (χ1) is 13.8. The van der Waals surface area contributed by atoms with Crippen LogP contribution in [0, 0.1) is 6.92 Å². The summed E-state index contributed by atoms with van der Waals surface area (Å²) in [4.78, 5) is 24.2. The van der Waals surface area contributed by atoms with E-state index >= 15 is 0 Å². The van der Waals surface area contributed by atoms with Crippen LogP contribution in [0.1, 0.15) is 28.3 Å². The van der Waals surface area contributed by atoms with E-state index in [1.165, 1.54) is 27.9 Å². The van der Waals surface area contributed by atoms with E-state index in [4.69, 9.17) is 10.2 Å². The first kappa shape index (κ1) is 20.6. The minimum atomic E-state index is -1.26. The van der Waals surface area contributed by atoms with Crippen molar-refractivity contribution in [3.63, 3.8) is 0 Å². The van der Waals surface area contributed by atoms with E-state index in [-0.39, 0.29) is 0 Å². The van der Waals surface area contributed by atoms with E-state index in [0.717, 1.165) is 26.1 Å². The Labute approximate surface area is 170 Å². The Balaban J connectivity index is 0.000000258. The van der Waals surface area contributed by atoms with Gasteiger partial charge in [-0.25, -0.2) is 9.59 Å². The maximum absolute atomic E-state index is 9.55. The van der Waals surface area contributed by atoms with Crippen LogP contribution in [0.25, 0.3) is 0 Å². The predicted octanol–water partition coefficient (Wildman–Crippen LogP) is 3.10. The summed E-state index contributed by atoms with van der Waals surface area (Å²) in [5.74, 6) is -2.51. The third kappa shape index (κ3) is 5.03. The second kappa shape index (κ2) is 8.92. The summed E-state index contributed by atoms with van der Waals surface area (Å²) in [6.07, 6.45) is 2.17. The van der Waals surface area contributed by atoms with E-state index in [9.17, 15) is 9.59 Å². The van der Waals surface area contributed by atoms with Gasteiger partial charge in [0.05, 0.1) is 6.04 Å². The molecule has 152 valence electrons. The van der Waals surface area contributed by atoms with E-state index in [2.05, 4.69) is 66.2 Å². The second-order valence-electron chi connectivity index (χ2n) is 7.49. The van der Waals surface area contributed by atoms with E-state index < -0.39 is 11.9 Å². The molecule has 0 saturated carbocycles. The number of hydrogen-bond acceptors (Lipinski definition) is 4. The fourth-order valence-corrected chi connectivity index (χ4v) is 3.93. The molecule has 2 aliphatic heterocycles. The van der Waals surface area contributed by atoms with Crippen molar-refractivity contribution < 1.29 is 19.8 Å². The number of likely N-dealkylation sites (N-methyl/N-ethyl adjacent to an activating group) is 1. The van der Waals surface area contributed by atoms with Gasteiger partial charge in [-0.2, -0.15) is 0 Å². The number of nitrogens with zero attached hydrogens (tertiary/aromatic N) is 2. The van der Waals surface area contributed by atoms with Gasteiger partial charge in [0.1, 0.15) is 0 Å². The van der Waals surface area contributed by atoms with Gasteiger partial charge in [-0.05, 0) is 48.7 Å². The molecule has 2 aromatic carbocycles. The summed E-state index contributed by atoms with van der Waals surface area (Å²) in [5, 5.41) is 15.6. The fraction of sp³-hybridized carbons (Fsp3) is 0.304. The molecule has 6 nitrogen and oxygen atoms in total. The van der Waals surface area contributed by atoms with Crippen LogP contribution in [-0.2, 0) is 16.0 Å². The van der Waals surface area contributed by atoms with Crippen molar-refractivity contribution in [2.75, 3.05) is 31.6 Å². The lowest BCUT2D eigenvalue weighted by molar-refractivity contribution is -0.134. The number of benzene rings is 2. The number of anilines is 1. The summed E-state index contributed by atoms with van der Waals surface area (Å²) >= 11 is 0. The van der Waals surface area contributed by atoms with Gasteiger partial charge in [0.15, 0.2) is 0 Å². The maximum Gasteiger partial charge on any atom is 0.328 e. The molecular weight excluding hydrogens is 368 g/mol. The van der Waals surface area contributed by atoms with Crippen LogP contribution in [0.4, 0.5) is 5.69 Å². The number of carboxylic acid groups (broad SMARTS) is 2. The molecule has 2 heterocycles. The SMILES string of the molecule is Cc1ccc2c(c1)N1CCN(C)CC1c1ccccc1C2.O=C(O)C=CC(=O)O. The van der Waals surface area contributed by atoms with Gasteiger partial charge in [0.2, 0.25) is 0 Å². The first-order valence-corrected chi connectivity index (χ1v) is 9.61. The van der Waals surface area contributed by atoms with E-state index in [0.29, 0.717) is 18.2 Å². The summed E-state index contributed by atoms with van der Waals surface area (Å²) in [6.45, 7) is 5.58. The quantitative estimate of drug-likeness (QED) is 0.762. The lowest BCUT2D eigenvalue weighted by Crippen LogP contribution is -2.46. The average molecular weight is 394 g/mol. The van der Waals surface area contributed by atoms with Crippen molar-refractivity contribution in [3.05, 3.63) is 76.9 Å². The summed E-state index contributed by atoms with van der Waals surface area (Å²) in [5.41, 5.74) is 7.28. The van der Waals surface area contributed by atoms with Gasteiger partial charge in [0.25, 0.3) is 0 Å². The first-order valence-electron chi connectivity index (χ1n) is 9.61. The fourth-order valence-electron chi connectivity index (χ4n) is 3.93. The molecule has 0 aromatic heterocycles. The number of aryl methyl sites for hydroxylation is 1. The summed E-state index contributed by atoms with van der Waals surface area (Å²) < 4.78 is 0. The predicted molar refractivity (Wildman–Crippen MR) is 112 cm³/mol. The number of carboxylic acids is 2. The molecule has 6 heteroatoms. The molecule has 1 saturated heterocycles. The molecule has 2 N–H and O–H groups in total. The molecule has 0 bridgehead atoms. The van der Waals surface area contributed by atoms with Gasteiger partial charge in [0, 0.05) is 37.5 Å². The molecule has 2 aromatic rings. The smallest absolute Gasteiger partial charge is 0.328 e. The van der Waals surface area contributed by atoms with Crippen molar-refractivity contribution in [2.24, 2.45) is 0 Å². The molecule has 29 heavy (non-hydrogen) atoms. The number of carbonyl (C=O) groups is 2. The van der Waals surface area contributed by atoms with Crippen LogP contribution < -0.4 is 4.90 Å². The largest absolute Gasteiger partial charge is 0.478 e. The summed E-state index contributed by atoms with van der Waals surface area (Å²) in [6, 6.07) is 16.4. The highest BCUT2D eigenvalue weighted by Crippen LogP contribution is 2.39. The number of fused-ring (bicyclic) bond motifs is 5. The Kier molecular flexibility index (Phi) is 6.34. The van der Waals surface area contributed by atoms with Gasteiger partial charge in [-0.3, -0.25) is 0 Å². The van der Waals surface area contributed by atoms with Gasteiger partial charge in [-0.1, -0.05) is 36.4 Å². The average Bonchev–Trinajstić information content (AvgIpc) is 2.81. The Hall–Kier alpha value is -3.12. The molecule has 2 aliphatic rings. The molecule has 0 aliphatic carbocycles. The van der Waals surface area contributed by atoms with Crippen LogP contribution in [0.3, 0.4) is 0 Å². The zero-order chi connectivity index (χ0) is 21.0. The van der Waals surface area contributed by atoms with Crippen molar-refractivity contribution in [1.82, 2.24) is 4.90 Å². The number of hydrogen-bond donors (Lipinski definition) is 2. The highest BCUT2D eigenvalue weighted by molar-refractivity contribution is 5.89. The Morgan fingerprint density at radius 1 is 1.00 bits per heavy atom. The molecule has 0 spiro atoms. The number of piperazine rings is 1. The standard InChI is InChI=1S/C19H22N2.C4H4O4/c1-14-7-8-16-12-15-5-3-4-6-17(15)19-13-20(2)9-10-21(19)18(16)11-14;5-3(6)1-2-4(7)8/h3-8,11,19H,9-10,12-13H2,1-2H3;1-2H,(H,5,6)(H,7,8). The Morgan fingerprint density at radius 3 is 2.38 bits per heavy atom. The highest BCUT2D eigenvalue weighted by atomic mass is 16.4. The Morgan fingerprint density at radius 2 is 1.69 bits per heavy atom. The third-order valence-corrected chi connectivity index (χ3v) is 5.30. The van der Waals surface area contributed by atoms with Crippen molar-refractivity contribution in [3.8, 4) is 0 Å². The van der Waals surface area contributed by atoms with Crippen molar-refractivity contribution in [2.45, 2.75) is 19.4 Å². The highest BCUT2D eigenvalue weighted by Gasteiger charge is 2.31. The molecule has 4 rings (SSSR count). The van der Waals surface area contributed by atoms with E-state index in [1.807, 2.05) is 0 Å². The lowest BCUT2D eigenvalue weighted by Gasteiger charge is -2.42. The monoisotopic (exact) mass is 394 g/mol.